The van der Waals surface area contributed by atoms with E-state index in [9.17, 15) is 19.5 Å². The third-order valence-corrected chi connectivity index (χ3v) is 5.01. The molecule has 3 atom stereocenters. The molecule has 8 heteroatoms. The quantitative estimate of drug-likeness (QED) is 0.444. The number of methoxy groups -OCH3 is 1. The van der Waals surface area contributed by atoms with Gasteiger partial charge >= 0.3 is 12.1 Å². The first-order valence-electron chi connectivity index (χ1n) is 10.1. The number of carbonyl (C=O) groups is 3. The molecule has 0 saturated carbocycles. The highest BCUT2D eigenvalue weighted by atomic mass is 16.5. The fourth-order valence-electron chi connectivity index (χ4n) is 3.34. The number of hydrogen-bond acceptors (Lipinski definition) is 6. The Labute approximate surface area is 178 Å². The van der Waals surface area contributed by atoms with E-state index in [0.717, 1.165) is 5.56 Å². The second-order valence-corrected chi connectivity index (χ2v) is 8.01. The van der Waals surface area contributed by atoms with E-state index in [1.165, 1.54) is 14.2 Å². The van der Waals surface area contributed by atoms with Crippen molar-refractivity contribution < 1.29 is 29.0 Å². The Morgan fingerprint density at radius 3 is 2.13 bits per heavy atom. The number of rotatable bonds is 12. The largest absolute Gasteiger partial charge is 0.479 e. The molecule has 0 aromatic heterocycles. The number of aliphatic carboxylic acids is 1. The van der Waals surface area contributed by atoms with Gasteiger partial charge in [0.25, 0.3) is 0 Å². The Morgan fingerprint density at radius 1 is 1.10 bits per heavy atom. The monoisotopic (exact) mass is 422 g/mol. The molecule has 1 amide bonds. The molecule has 0 radical (unpaired) electrons. The summed E-state index contributed by atoms with van der Waals surface area (Å²) in [5.41, 5.74) is -1.22. The minimum Gasteiger partial charge on any atom is -0.479 e. The summed E-state index contributed by atoms with van der Waals surface area (Å²) in [5.74, 6) is -2.31. The van der Waals surface area contributed by atoms with Crippen molar-refractivity contribution in [1.82, 2.24) is 10.6 Å². The van der Waals surface area contributed by atoms with E-state index in [1.807, 2.05) is 44.2 Å². The maximum Gasteiger partial charge on any atom is 0.408 e. The second-order valence-electron chi connectivity index (χ2n) is 8.01. The highest BCUT2D eigenvalue weighted by Crippen LogP contribution is 2.25. The van der Waals surface area contributed by atoms with Crippen LogP contribution in [0.3, 0.4) is 0 Å². The molecular formula is C22H34N2O6. The number of ketones is 1. The summed E-state index contributed by atoms with van der Waals surface area (Å²) in [6.45, 7) is 7.32. The number of alkyl carbamates (subject to hydrolysis) is 1. The lowest BCUT2D eigenvalue weighted by Gasteiger charge is -2.38. The van der Waals surface area contributed by atoms with Gasteiger partial charge in [-0.3, -0.25) is 10.1 Å². The van der Waals surface area contributed by atoms with E-state index in [-0.39, 0.29) is 18.4 Å². The highest BCUT2D eigenvalue weighted by molar-refractivity contribution is 6.11. The zero-order valence-electron chi connectivity index (χ0n) is 18.6. The van der Waals surface area contributed by atoms with Gasteiger partial charge in [0.1, 0.15) is 6.61 Å². The smallest absolute Gasteiger partial charge is 0.408 e. The normalized spacial score (nSPS) is 15.3. The maximum absolute atomic E-state index is 13.5. The predicted octanol–water partition coefficient (Wildman–Crippen LogP) is 2.61. The van der Waals surface area contributed by atoms with Crippen molar-refractivity contribution in [1.29, 1.82) is 0 Å². The SMILES string of the molecule is CNC(C(=O)O)(C(=O)[C@@H](NC(=O)OCc1ccccc1)C(C)C)C(CC(C)C)OC. The van der Waals surface area contributed by atoms with Crippen molar-refractivity contribution in [3.05, 3.63) is 35.9 Å². The maximum atomic E-state index is 13.5. The summed E-state index contributed by atoms with van der Waals surface area (Å²) in [5, 5.41) is 15.2. The lowest BCUT2D eigenvalue weighted by atomic mass is 9.78. The Kier molecular flexibility index (Phi) is 9.95. The average molecular weight is 423 g/mol. The number of ether oxygens (including phenoxy) is 2. The highest BCUT2D eigenvalue weighted by Gasteiger charge is 2.55. The van der Waals surface area contributed by atoms with Crippen LogP contribution >= 0.6 is 0 Å². The van der Waals surface area contributed by atoms with E-state index in [1.54, 1.807) is 13.8 Å². The Morgan fingerprint density at radius 2 is 1.70 bits per heavy atom. The molecule has 0 saturated heterocycles. The summed E-state index contributed by atoms with van der Waals surface area (Å²) in [7, 11) is 2.78. The van der Waals surface area contributed by atoms with Crippen molar-refractivity contribution in [3.8, 4) is 0 Å². The zero-order chi connectivity index (χ0) is 22.9. The van der Waals surface area contributed by atoms with Gasteiger partial charge in [-0.1, -0.05) is 58.0 Å². The first-order valence-corrected chi connectivity index (χ1v) is 10.1. The molecule has 0 aliphatic heterocycles. The van der Waals surface area contributed by atoms with Gasteiger partial charge in [-0.05, 0) is 30.9 Å². The van der Waals surface area contributed by atoms with Crippen LogP contribution in [-0.2, 0) is 25.7 Å². The first-order chi connectivity index (χ1) is 14.1. The molecule has 0 spiro atoms. The predicted molar refractivity (Wildman–Crippen MR) is 113 cm³/mol. The van der Waals surface area contributed by atoms with Crippen LogP contribution < -0.4 is 10.6 Å². The molecule has 1 rings (SSSR count). The molecule has 0 fully saturated rings. The molecule has 3 N–H and O–H groups in total. The van der Waals surface area contributed by atoms with Gasteiger partial charge in [-0.2, -0.15) is 0 Å². The van der Waals surface area contributed by atoms with Crippen LogP contribution in [0.2, 0.25) is 0 Å². The van der Waals surface area contributed by atoms with E-state index in [0.29, 0.717) is 6.42 Å². The number of likely N-dealkylation sites (N-methyl/N-ethyl adjacent to an activating group) is 1. The lowest BCUT2D eigenvalue weighted by molar-refractivity contribution is -0.159. The van der Waals surface area contributed by atoms with Crippen LogP contribution in [0.4, 0.5) is 4.79 Å². The summed E-state index contributed by atoms with van der Waals surface area (Å²) >= 11 is 0. The number of Topliss-reactive ketones (excluding diaryl/α,β-unsaturated/α-hetero) is 1. The van der Waals surface area contributed by atoms with Gasteiger partial charge in [-0.15, -0.1) is 0 Å². The fourth-order valence-corrected chi connectivity index (χ4v) is 3.34. The van der Waals surface area contributed by atoms with Crippen LogP contribution in [0.15, 0.2) is 30.3 Å². The van der Waals surface area contributed by atoms with Crippen molar-refractivity contribution in [2.45, 2.75) is 58.4 Å². The molecule has 0 aliphatic rings. The molecule has 1 aromatic rings. The van der Waals surface area contributed by atoms with Crippen LogP contribution in [-0.4, -0.2) is 54.8 Å². The van der Waals surface area contributed by atoms with E-state index in [4.69, 9.17) is 9.47 Å². The molecule has 8 nitrogen and oxygen atoms in total. The van der Waals surface area contributed by atoms with Crippen molar-refractivity contribution in [2.75, 3.05) is 14.2 Å². The topological polar surface area (TPSA) is 114 Å². The van der Waals surface area contributed by atoms with E-state index in [2.05, 4.69) is 10.6 Å². The third-order valence-electron chi connectivity index (χ3n) is 5.01. The second kappa shape index (κ2) is 11.7. The van der Waals surface area contributed by atoms with Crippen molar-refractivity contribution >= 4 is 17.8 Å². The number of benzene rings is 1. The number of carboxylic acids is 1. The van der Waals surface area contributed by atoms with Crippen molar-refractivity contribution in [2.24, 2.45) is 11.8 Å². The van der Waals surface area contributed by atoms with Gasteiger partial charge < -0.3 is 19.9 Å². The van der Waals surface area contributed by atoms with E-state index < -0.39 is 35.5 Å². The number of nitrogens with one attached hydrogen (secondary N) is 2. The third kappa shape index (κ3) is 6.27. The van der Waals surface area contributed by atoms with Crippen LogP contribution in [0.25, 0.3) is 0 Å². The molecule has 1 aromatic carbocycles. The fraction of sp³-hybridized carbons (Fsp3) is 0.591. The zero-order valence-corrected chi connectivity index (χ0v) is 18.6. The van der Waals surface area contributed by atoms with Crippen molar-refractivity contribution in [3.63, 3.8) is 0 Å². The molecule has 0 aliphatic carbocycles. The number of carboxylic acid groups (broad SMARTS) is 1. The minimum atomic E-state index is -2.01. The Hall–Kier alpha value is -2.45. The summed E-state index contributed by atoms with van der Waals surface area (Å²) in [6.07, 6.45) is -1.37. The molecule has 0 heterocycles. The molecular weight excluding hydrogens is 388 g/mol. The lowest BCUT2D eigenvalue weighted by Crippen LogP contribution is -2.70. The van der Waals surface area contributed by atoms with Crippen LogP contribution in [0.5, 0.6) is 0 Å². The molecule has 0 bridgehead atoms. The van der Waals surface area contributed by atoms with Crippen LogP contribution in [0, 0.1) is 11.8 Å². The summed E-state index contributed by atoms with van der Waals surface area (Å²) in [4.78, 5) is 38.1. The van der Waals surface area contributed by atoms with Crippen LogP contribution in [0.1, 0.15) is 39.7 Å². The molecule has 2 unspecified atom stereocenters. The van der Waals surface area contributed by atoms with Gasteiger partial charge in [-0.25, -0.2) is 9.59 Å². The number of amides is 1. The van der Waals surface area contributed by atoms with Gasteiger partial charge in [0.2, 0.25) is 5.54 Å². The first kappa shape index (κ1) is 25.6. The summed E-state index contributed by atoms with van der Waals surface area (Å²) in [6, 6.07) is 8.04. The minimum absolute atomic E-state index is 0.0375. The molecule has 168 valence electrons. The summed E-state index contributed by atoms with van der Waals surface area (Å²) < 4.78 is 10.6. The molecule has 30 heavy (non-hydrogen) atoms. The van der Waals surface area contributed by atoms with Gasteiger partial charge in [0.15, 0.2) is 5.78 Å². The van der Waals surface area contributed by atoms with Gasteiger partial charge in [0.05, 0.1) is 12.1 Å². The average Bonchev–Trinajstić information content (AvgIpc) is 2.70. The number of hydrogen-bond donors (Lipinski definition) is 3. The van der Waals surface area contributed by atoms with Gasteiger partial charge in [0, 0.05) is 7.11 Å². The Bertz CT molecular complexity index is 707. The standard InChI is InChI=1S/C22H34N2O6/c1-14(2)12-17(29-6)22(23-5,20(26)27)19(25)18(15(3)4)24-21(28)30-13-16-10-8-7-9-11-16/h7-11,14-15,17-18,23H,12-13H2,1-6H3,(H,24,28)(H,26,27)/t17?,18-,22?/m0/s1. The Balaban J connectivity index is 3.09. The van der Waals surface area contributed by atoms with E-state index >= 15 is 0 Å². The number of carbonyl (C=O) groups excluding carboxylic acids is 2.